The van der Waals surface area contributed by atoms with Gasteiger partial charge in [0.2, 0.25) is 10.0 Å². The molecule has 0 bridgehead atoms. The standard InChI is InChI=1S/C12H18N2O4S2/c1-3-9(7-19-2)14-20(17,18)11-5-4-8(12(15)16)6-10(11)13/h4-6,9,14H,3,7,13H2,1-2H3,(H,15,16). The number of nitrogens with one attached hydrogen (secondary N) is 1. The molecule has 0 saturated carbocycles. The van der Waals surface area contributed by atoms with E-state index in [-0.39, 0.29) is 22.2 Å². The van der Waals surface area contributed by atoms with Crippen molar-refractivity contribution in [2.45, 2.75) is 24.3 Å². The number of carboxylic acids is 1. The summed E-state index contributed by atoms with van der Waals surface area (Å²) in [6.45, 7) is 1.89. The van der Waals surface area contributed by atoms with Gasteiger partial charge < -0.3 is 10.8 Å². The minimum atomic E-state index is -3.75. The molecule has 1 aromatic carbocycles. The summed E-state index contributed by atoms with van der Waals surface area (Å²) >= 11 is 1.54. The molecule has 20 heavy (non-hydrogen) atoms. The van der Waals surface area contributed by atoms with Crippen molar-refractivity contribution in [3.8, 4) is 0 Å². The number of rotatable bonds is 7. The van der Waals surface area contributed by atoms with Gasteiger partial charge in [0, 0.05) is 11.8 Å². The Morgan fingerprint density at radius 1 is 1.50 bits per heavy atom. The molecule has 0 saturated heterocycles. The highest BCUT2D eigenvalue weighted by Crippen LogP contribution is 2.20. The number of hydrogen-bond acceptors (Lipinski definition) is 5. The number of aromatic carboxylic acids is 1. The molecule has 4 N–H and O–H groups in total. The van der Waals surface area contributed by atoms with Crippen LogP contribution in [0, 0.1) is 0 Å². The van der Waals surface area contributed by atoms with Gasteiger partial charge in [0.1, 0.15) is 4.90 Å². The number of thioether (sulfide) groups is 1. The van der Waals surface area contributed by atoms with Crippen LogP contribution in [-0.4, -0.2) is 37.5 Å². The third-order valence-electron chi connectivity index (χ3n) is 2.73. The molecule has 1 rings (SSSR count). The summed E-state index contributed by atoms with van der Waals surface area (Å²) in [6, 6.07) is 3.40. The fourth-order valence-corrected chi connectivity index (χ4v) is 3.90. The van der Waals surface area contributed by atoms with E-state index in [0.29, 0.717) is 12.2 Å². The van der Waals surface area contributed by atoms with E-state index in [1.807, 2.05) is 13.2 Å². The zero-order valence-electron chi connectivity index (χ0n) is 11.3. The normalized spacial score (nSPS) is 13.1. The first-order valence-electron chi connectivity index (χ1n) is 5.96. The van der Waals surface area contributed by atoms with E-state index in [2.05, 4.69) is 4.72 Å². The number of anilines is 1. The van der Waals surface area contributed by atoms with Crippen LogP contribution < -0.4 is 10.5 Å². The van der Waals surface area contributed by atoms with Gasteiger partial charge in [0.05, 0.1) is 11.3 Å². The van der Waals surface area contributed by atoms with E-state index in [9.17, 15) is 13.2 Å². The Morgan fingerprint density at radius 2 is 2.15 bits per heavy atom. The molecule has 112 valence electrons. The largest absolute Gasteiger partial charge is 0.478 e. The van der Waals surface area contributed by atoms with E-state index in [1.54, 1.807) is 11.8 Å². The van der Waals surface area contributed by atoms with Gasteiger partial charge in [-0.1, -0.05) is 6.92 Å². The Hall–Kier alpha value is -1.25. The molecule has 6 nitrogen and oxygen atoms in total. The minimum Gasteiger partial charge on any atom is -0.478 e. The van der Waals surface area contributed by atoms with Crippen LogP contribution in [0.3, 0.4) is 0 Å². The molecule has 1 atom stereocenters. The Morgan fingerprint density at radius 3 is 2.60 bits per heavy atom. The first kappa shape index (κ1) is 16.8. The van der Waals surface area contributed by atoms with Crippen LogP contribution in [0.5, 0.6) is 0 Å². The SMILES string of the molecule is CCC(CSC)NS(=O)(=O)c1ccc(C(=O)O)cc1N. The van der Waals surface area contributed by atoms with Gasteiger partial charge in [-0.3, -0.25) is 0 Å². The van der Waals surface area contributed by atoms with E-state index in [0.717, 1.165) is 6.07 Å². The molecular formula is C12H18N2O4S2. The zero-order valence-corrected chi connectivity index (χ0v) is 12.9. The van der Waals surface area contributed by atoms with Crippen LogP contribution in [0.2, 0.25) is 0 Å². The Bertz CT molecular complexity index is 587. The summed E-state index contributed by atoms with van der Waals surface area (Å²) in [6.07, 6.45) is 2.56. The quantitative estimate of drug-likeness (QED) is 0.655. The molecule has 0 aliphatic carbocycles. The third-order valence-corrected chi connectivity index (χ3v) is 5.06. The van der Waals surface area contributed by atoms with Crippen molar-refractivity contribution in [2.75, 3.05) is 17.7 Å². The van der Waals surface area contributed by atoms with Crippen molar-refractivity contribution in [3.05, 3.63) is 23.8 Å². The van der Waals surface area contributed by atoms with Crippen molar-refractivity contribution in [1.29, 1.82) is 0 Å². The van der Waals surface area contributed by atoms with Gasteiger partial charge in [-0.15, -0.1) is 0 Å². The van der Waals surface area contributed by atoms with Crippen molar-refractivity contribution >= 4 is 33.4 Å². The van der Waals surface area contributed by atoms with Gasteiger partial charge in [-0.05, 0) is 30.9 Å². The molecule has 0 aliphatic heterocycles. The maximum absolute atomic E-state index is 12.2. The molecule has 0 aliphatic rings. The average molecular weight is 318 g/mol. The lowest BCUT2D eigenvalue weighted by Gasteiger charge is -2.17. The zero-order chi connectivity index (χ0) is 15.3. The maximum Gasteiger partial charge on any atom is 0.335 e. The maximum atomic E-state index is 12.2. The summed E-state index contributed by atoms with van der Waals surface area (Å²) in [7, 11) is -3.75. The number of carbonyl (C=O) groups is 1. The van der Waals surface area contributed by atoms with Crippen molar-refractivity contribution in [2.24, 2.45) is 0 Å². The molecule has 0 amide bonds. The fourth-order valence-electron chi connectivity index (χ4n) is 1.65. The van der Waals surface area contributed by atoms with Crippen LogP contribution in [-0.2, 0) is 10.0 Å². The van der Waals surface area contributed by atoms with Gasteiger partial charge in [0.25, 0.3) is 0 Å². The Kier molecular flexibility index (Phi) is 5.85. The summed E-state index contributed by atoms with van der Waals surface area (Å²) in [5.41, 5.74) is 5.53. The van der Waals surface area contributed by atoms with E-state index in [4.69, 9.17) is 10.8 Å². The lowest BCUT2D eigenvalue weighted by atomic mass is 10.2. The lowest BCUT2D eigenvalue weighted by Crippen LogP contribution is -2.36. The molecule has 8 heteroatoms. The number of hydrogen-bond donors (Lipinski definition) is 3. The van der Waals surface area contributed by atoms with Gasteiger partial charge in [-0.2, -0.15) is 11.8 Å². The van der Waals surface area contributed by atoms with Gasteiger partial charge in [0.15, 0.2) is 0 Å². The topological polar surface area (TPSA) is 109 Å². The highest BCUT2D eigenvalue weighted by atomic mass is 32.2. The van der Waals surface area contributed by atoms with Crippen molar-refractivity contribution < 1.29 is 18.3 Å². The Balaban J connectivity index is 3.06. The third kappa shape index (κ3) is 4.12. The lowest BCUT2D eigenvalue weighted by molar-refractivity contribution is 0.0697. The summed E-state index contributed by atoms with van der Waals surface area (Å²) in [5.74, 6) is -0.495. The Labute approximate surface area is 122 Å². The van der Waals surface area contributed by atoms with Crippen LogP contribution in [0.4, 0.5) is 5.69 Å². The van der Waals surface area contributed by atoms with Gasteiger partial charge >= 0.3 is 5.97 Å². The summed E-state index contributed by atoms with van der Waals surface area (Å²) in [4.78, 5) is 10.7. The molecule has 0 heterocycles. The van der Waals surface area contributed by atoms with Crippen LogP contribution in [0.1, 0.15) is 23.7 Å². The predicted molar refractivity (Wildman–Crippen MR) is 80.6 cm³/mol. The number of carboxylic acid groups (broad SMARTS) is 1. The molecular weight excluding hydrogens is 300 g/mol. The van der Waals surface area contributed by atoms with Crippen molar-refractivity contribution in [1.82, 2.24) is 4.72 Å². The van der Waals surface area contributed by atoms with Crippen LogP contribution in [0.15, 0.2) is 23.1 Å². The first-order chi connectivity index (χ1) is 9.31. The summed E-state index contributed by atoms with van der Waals surface area (Å²) in [5, 5.41) is 8.83. The fraction of sp³-hybridized carbons (Fsp3) is 0.417. The molecule has 1 aromatic rings. The van der Waals surface area contributed by atoms with E-state index in [1.165, 1.54) is 12.1 Å². The number of nitrogens with two attached hydrogens (primary N) is 1. The average Bonchev–Trinajstić information content (AvgIpc) is 2.37. The second-order valence-electron chi connectivity index (χ2n) is 4.24. The van der Waals surface area contributed by atoms with E-state index < -0.39 is 16.0 Å². The van der Waals surface area contributed by atoms with E-state index >= 15 is 0 Å². The molecule has 0 radical (unpaired) electrons. The second kappa shape index (κ2) is 6.96. The number of nitrogen functional groups attached to an aromatic ring is 1. The van der Waals surface area contributed by atoms with Crippen molar-refractivity contribution in [3.63, 3.8) is 0 Å². The first-order valence-corrected chi connectivity index (χ1v) is 8.83. The monoisotopic (exact) mass is 318 g/mol. The molecule has 0 spiro atoms. The molecule has 0 fully saturated rings. The van der Waals surface area contributed by atoms with Crippen LogP contribution in [0.25, 0.3) is 0 Å². The van der Waals surface area contributed by atoms with Crippen LogP contribution >= 0.6 is 11.8 Å². The smallest absolute Gasteiger partial charge is 0.335 e. The second-order valence-corrected chi connectivity index (χ2v) is 6.83. The van der Waals surface area contributed by atoms with Gasteiger partial charge in [-0.25, -0.2) is 17.9 Å². The number of sulfonamides is 1. The minimum absolute atomic E-state index is 0.0439. The predicted octanol–water partition coefficient (Wildman–Crippen LogP) is 1.39. The number of benzene rings is 1. The molecule has 1 unspecified atom stereocenters. The highest BCUT2D eigenvalue weighted by Gasteiger charge is 2.22. The molecule has 0 aromatic heterocycles. The highest BCUT2D eigenvalue weighted by molar-refractivity contribution is 7.98. The summed E-state index contributed by atoms with van der Waals surface area (Å²) < 4.78 is 27.0.